The van der Waals surface area contributed by atoms with Crippen LogP contribution in [0.25, 0.3) is 0 Å². The highest BCUT2D eigenvalue weighted by molar-refractivity contribution is 5.70. The molecule has 0 amide bonds. The Morgan fingerprint density at radius 2 is 0.776 bits per heavy atom. The molecule has 58 heavy (non-hydrogen) atoms. The van der Waals surface area contributed by atoms with Crippen LogP contribution < -0.4 is 0 Å². The lowest BCUT2D eigenvalue weighted by Crippen LogP contribution is -2.30. The molecule has 0 heterocycles. The number of carbonyl (C=O) groups excluding carboxylic acids is 2. The molecule has 0 aromatic carbocycles. The molecule has 0 bridgehead atoms. The van der Waals surface area contributed by atoms with Gasteiger partial charge in [-0.15, -0.1) is 0 Å². The fourth-order valence-electron chi connectivity index (χ4n) is 7.15. The molecule has 1 atom stereocenters. The molecule has 0 aliphatic carbocycles. The van der Waals surface area contributed by atoms with Crippen molar-refractivity contribution in [2.45, 2.75) is 258 Å². The molecule has 1 unspecified atom stereocenters. The van der Waals surface area contributed by atoms with E-state index >= 15 is 0 Å². The predicted octanol–water partition coefficient (Wildman–Crippen LogP) is 16.8. The number of hydrogen-bond acceptors (Lipinski definition) is 5. The van der Waals surface area contributed by atoms with E-state index in [0.29, 0.717) is 19.4 Å². The predicted molar refractivity (Wildman–Crippen MR) is 251 cm³/mol. The Hall–Kier alpha value is -2.14. The van der Waals surface area contributed by atoms with Crippen molar-refractivity contribution in [2.24, 2.45) is 0 Å². The van der Waals surface area contributed by atoms with Gasteiger partial charge < -0.3 is 14.2 Å². The number of esters is 2. The molecule has 0 aliphatic rings. The zero-order valence-electron chi connectivity index (χ0n) is 38.8. The molecule has 0 aliphatic heterocycles. The van der Waals surface area contributed by atoms with Crippen LogP contribution in [-0.2, 0) is 23.8 Å². The average molecular weight is 813 g/mol. The average Bonchev–Trinajstić information content (AvgIpc) is 3.22. The first kappa shape index (κ1) is 55.9. The maximum atomic E-state index is 12.8. The number of hydrogen-bond donors (Lipinski definition) is 0. The summed E-state index contributed by atoms with van der Waals surface area (Å²) in [4.78, 5) is 25.3. The van der Waals surface area contributed by atoms with Gasteiger partial charge in [0.2, 0.25) is 0 Å². The Balaban J connectivity index is 4.21. The molecule has 0 saturated heterocycles. The van der Waals surface area contributed by atoms with E-state index in [9.17, 15) is 9.59 Å². The van der Waals surface area contributed by atoms with Crippen LogP contribution in [0.1, 0.15) is 252 Å². The van der Waals surface area contributed by atoms with Crippen LogP contribution in [0.15, 0.2) is 48.6 Å². The smallest absolute Gasteiger partial charge is 0.306 e. The summed E-state index contributed by atoms with van der Waals surface area (Å²) in [6.07, 6.45) is 59.7. The molecule has 0 fully saturated rings. The van der Waals surface area contributed by atoms with E-state index in [-0.39, 0.29) is 25.2 Å². The maximum Gasteiger partial charge on any atom is 0.306 e. The van der Waals surface area contributed by atoms with Crippen molar-refractivity contribution in [3.8, 4) is 0 Å². The Morgan fingerprint density at radius 1 is 0.397 bits per heavy atom. The summed E-state index contributed by atoms with van der Waals surface area (Å²) in [7, 11) is 0. The quantitative estimate of drug-likeness (QED) is 0.0348. The zero-order chi connectivity index (χ0) is 42.1. The topological polar surface area (TPSA) is 61.8 Å². The number of rotatable bonds is 46. The molecular weight excluding hydrogens is 717 g/mol. The highest BCUT2D eigenvalue weighted by atomic mass is 16.6. The summed E-state index contributed by atoms with van der Waals surface area (Å²) < 4.78 is 17.4. The van der Waals surface area contributed by atoms with Crippen molar-refractivity contribution in [3.05, 3.63) is 48.6 Å². The van der Waals surface area contributed by atoms with Gasteiger partial charge in [0.25, 0.3) is 0 Å². The summed E-state index contributed by atoms with van der Waals surface area (Å²) in [5, 5.41) is 0. The van der Waals surface area contributed by atoms with E-state index in [4.69, 9.17) is 14.2 Å². The summed E-state index contributed by atoms with van der Waals surface area (Å²) >= 11 is 0. The van der Waals surface area contributed by atoms with Gasteiger partial charge >= 0.3 is 11.9 Å². The van der Waals surface area contributed by atoms with Gasteiger partial charge in [0.1, 0.15) is 6.61 Å². The van der Waals surface area contributed by atoms with Crippen LogP contribution in [0.4, 0.5) is 0 Å². The Kier molecular flexibility index (Phi) is 47.4. The van der Waals surface area contributed by atoms with E-state index in [1.165, 1.54) is 148 Å². The fraction of sp³-hybridized carbons (Fsp3) is 0.811. The van der Waals surface area contributed by atoms with Gasteiger partial charge in [-0.05, 0) is 57.8 Å². The van der Waals surface area contributed by atoms with Gasteiger partial charge in [0, 0.05) is 19.4 Å². The highest BCUT2D eigenvalue weighted by Gasteiger charge is 2.17. The summed E-state index contributed by atoms with van der Waals surface area (Å²) in [6.45, 7) is 7.72. The number of allylic oxidation sites excluding steroid dienone is 8. The van der Waals surface area contributed by atoms with Crippen LogP contribution in [0, 0.1) is 0 Å². The van der Waals surface area contributed by atoms with Crippen LogP contribution in [0.2, 0.25) is 0 Å². The first-order valence-electron chi connectivity index (χ1n) is 25.2. The minimum atomic E-state index is -0.535. The fourth-order valence-corrected chi connectivity index (χ4v) is 7.15. The van der Waals surface area contributed by atoms with Crippen molar-refractivity contribution in [1.29, 1.82) is 0 Å². The Bertz CT molecular complexity index is 966. The molecule has 0 saturated carbocycles. The lowest BCUT2D eigenvalue weighted by Gasteiger charge is -2.18. The van der Waals surface area contributed by atoms with Crippen molar-refractivity contribution in [2.75, 3.05) is 19.8 Å². The lowest BCUT2D eigenvalue weighted by molar-refractivity contribution is -0.163. The van der Waals surface area contributed by atoms with Crippen LogP contribution in [0.5, 0.6) is 0 Å². The van der Waals surface area contributed by atoms with Crippen molar-refractivity contribution >= 4 is 11.9 Å². The molecule has 0 radical (unpaired) electrons. The van der Waals surface area contributed by atoms with Gasteiger partial charge in [0.15, 0.2) is 6.10 Å². The Labute approximate surface area is 361 Å². The highest BCUT2D eigenvalue weighted by Crippen LogP contribution is 2.15. The van der Waals surface area contributed by atoms with Crippen molar-refractivity contribution in [3.63, 3.8) is 0 Å². The molecule has 0 aromatic heterocycles. The number of carbonyl (C=O) groups is 2. The molecular formula is C53H96O5. The molecule has 5 nitrogen and oxygen atoms in total. The largest absolute Gasteiger partial charge is 0.462 e. The van der Waals surface area contributed by atoms with E-state index in [0.717, 1.165) is 70.6 Å². The van der Waals surface area contributed by atoms with Gasteiger partial charge in [-0.2, -0.15) is 0 Å². The minimum Gasteiger partial charge on any atom is -0.462 e. The zero-order valence-corrected chi connectivity index (χ0v) is 38.8. The third-order valence-electron chi connectivity index (χ3n) is 10.9. The second-order valence-corrected chi connectivity index (χ2v) is 16.7. The second kappa shape index (κ2) is 49.2. The first-order valence-corrected chi connectivity index (χ1v) is 25.2. The van der Waals surface area contributed by atoms with E-state index in [1.807, 2.05) is 0 Å². The van der Waals surface area contributed by atoms with Crippen LogP contribution in [0.3, 0.4) is 0 Å². The van der Waals surface area contributed by atoms with Gasteiger partial charge in [-0.25, -0.2) is 0 Å². The molecule has 0 aromatic rings. The second-order valence-electron chi connectivity index (χ2n) is 16.7. The van der Waals surface area contributed by atoms with Gasteiger partial charge in [-0.1, -0.05) is 230 Å². The van der Waals surface area contributed by atoms with Gasteiger partial charge in [-0.3, -0.25) is 9.59 Å². The third-order valence-corrected chi connectivity index (χ3v) is 10.9. The SMILES string of the molecule is CC/C=C\C/C=C\C/C=C\C/C=C\CCCCCCCCC(=O)OCC(COCCCCCCCCCCCC)OC(=O)CCCCCCCCCCCCCCC. The van der Waals surface area contributed by atoms with Gasteiger partial charge in [0.05, 0.1) is 6.61 Å². The standard InChI is InChI=1S/C53H96O5/c1-4-7-10-13-16-19-22-24-25-26-27-28-29-31-32-34-37-40-43-46-52(54)57-50-51(49-56-48-45-42-39-36-21-18-15-12-9-6-3)58-53(55)47-44-41-38-35-33-30-23-20-17-14-11-8-5-2/h7,10,16,19,24-25,27-28,51H,4-6,8-9,11-15,17-18,20-23,26,29-50H2,1-3H3/b10-7-,19-16-,25-24-,28-27-. The molecule has 338 valence electrons. The monoisotopic (exact) mass is 813 g/mol. The molecule has 0 rings (SSSR count). The van der Waals surface area contributed by atoms with Crippen LogP contribution in [-0.4, -0.2) is 37.9 Å². The summed E-state index contributed by atoms with van der Waals surface area (Å²) in [6, 6.07) is 0. The summed E-state index contributed by atoms with van der Waals surface area (Å²) in [5.41, 5.74) is 0. The molecule has 0 N–H and O–H groups in total. The van der Waals surface area contributed by atoms with E-state index in [1.54, 1.807) is 0 Å². The normalized spacial score (nSPS) is 12.5. The summed E-state index contributed by atoms with van der Waals surface area (Å²) in [5.74, 6) is -0.403. The van der Waals surface area contributed by atoms with Crippen LogP contribution >= 0.6 is 0 Å². The first-order chi connectivity index (χ1) is 28.6. The maximum absolute atomic E-state index is 12.8. The number of unbranched alkanes of at least 4 members (excludes halogenated alkanes) is 27. The van der Waals surface area contributed by atoms with E-state index < -0.39 is 6.10 Å². The minimum absolute atomic E-state index is 0.0819. The lowest BCUT2D eigenvalue weighted by atomic mass is 10.0. The van der Waals surface area contributed by atoms with Crippen molar-refractivity contribution < 1.29 is 23.8 Å². The third kappa shape index (κ3) is 46.5. The van der Waals surface area contributed by atoms with E-state index in [2.05, 4.69) is 69.4 Å². The van der Waals surface area contributed by atoms with Crippen molar-refractivity contribution in [1.82, 2.24) is 0 Å². The molecule has 0 spiro atoms. The molecule has 5 heteroatoms. The number of ether oxygens (including phenoxy) is 3. The Morgan fingerprint density at radius 3 is 1.24 bits per heavy atom.